The van der Waals surface area contributed by atoms with Gasteiger partial charge in [-0.3, -0.25) is 0 Å². The second-order valence-corrected chi connectivity index (χ2v) is 12.2. The Morgan fingerprint density at radius 1 is 1.14 bits per heavy atom. The van der Waals surface area contributed by atoms with E-state index in [9.17, 15) is 17.6 Å². The van der Waals surface area contributed by atoms with E-state index in [0.29, 0.717) is 54.1 Å². The number of nitrogens with two attached hydrogens (primary N) is 1. The molecule has 2 bridgehead atoms. The second-order valence-electron chi connectivity index (χ2n) is 12.2. The Bertz CT molecular complexity index is 1610. The molecule has 1 aliphatic carbocycles. The molecule has 0 radical (unpaired) electrons. The number of benzene rings is 1. The van der Waals surface area contributed by atoms with Gasteiger partial charge in [0.1, 0.15) is 17.6 Å². The van der Waals surface area contributed by atoms with Gasteiger partial charge in [0.2, 0.25) is 5.88 Å². The number of halogens is 5. The van der Waals surface area contributed by atoms with Crippen molar-refractivity contribution in [2.24, 2.45) is 0 Å². The summed E-state index contributed by atoms with van der Waals surface area (Å²) in [5, 5.41) is 4.14. The van der Waals surface area contributed by atoms with Crippen LogP contribution in [0.4, 0.5) is 33.5 Å². The molecule has 3 aromatic rings. The predicted octanol–water partition coefficient (Wildman–Crippen LogP) is 5.09. The smallest absolute Gasteiger partial charge is 0.472 e. The van der Waals surface area contributed by atoms with Crippen molar-refractivity contribution in [1.29, 1.82) is 0 Å². The number of hydrogen-bond donors (Lipinski definition) is 2. The van der Waals surface area contributed by atoms with E-state index < -0.39 is 41.1 Å². The van der Waals surface area contributed by atoms with Crippen LogP contribution in [0, 0.1) is 18.6 Å². The minimum absolute atomic E-state index is 0.0252. The topological polar surface area (TPSA) is 88.8 Å². The lowest BCUT2D eigenvalue weighted by molar-refractivity contribution is -0.275. The van der Waals surface area contributed by atoms with Crippen LogP contribution in [0.3, 0.4) is 0 Å². The Morgan fingerprint density at radius 3 is 2.63 bits per heavy atom. The van der Waals surface area contributed by atoms with Crippen LogP contribution in [0.1, 0.15) is 43.9 Å². The molecule has 7 rings (SSSR count). The van der Waals surface area contributed by atoms with Crippen molar-refractivity contribution in [2.75, 3.05) is 30.8 Å². The van der Waals surface area contributed by atoms with Crippen LogP contribution >= 0.6 is 0 Å². The first-order valence-corrected chi connectivity index (χ1v) is 14.7. The number of anilines is 2. The first-order valence-electron chi connectivity index (χ1n) is 14.7. The highest BCUT2D eigenvalue weighted by Gasteiger charge is 2.47. The van der Waals surface area contributed by atoms with Crippen LogP contribution in [-0.2, 0) is 6.42 Å². The van der Waals surface area contributed by atoms with Gasteiger partial charge in [0, 0.05) is 60.5 Å². The fraction of sp³-hybridized carbons (Fsp3) is 0.533. The molecule has 13 heteroatoms. The summed E-state index contributed by atoms with van der Waals surface area (Å²) in [6, 6.07) is 2.47. The minimum atomic E-state index is -5.24. The fourth-order valence-electron chi connectivity index (χ4n) is 7.11. The van der Waals surface area contributed by atoms with E-state index in [1.165, 1.54) is 0 Å². The number of nitrogens with zero attached hydrogens (tertiary/aromatic N) is 4. The van der Waals surface area contributed by atoms with Crippen LogP contribution in [0.5, 0.6) is 11.6 Å². The Kier molecular flexibility index (Phi) is 6.62. The Labute approximate surface area is 245 Å². The zero-order valence-corrected chi connectivity index (χ0v) is 24.1. The SMILES string of the molecule is Cc1c(CCN(C)C2CC2)nc2c3c(nc(-c4cc(N)cc(F)c4OC(F)(F)F)c(F)c13)O[C@@H](C)[C@@H]1[C@@H]3CC[C@H](CN21)N3. The summed E-state index contributed by atoms with van der Waals surface area (Å²) in [5.74, 6) is -2.93. The minimum Gasteiger partial charge on any atom is -0.472 e. The number of aromatic nitrogens is 2. The maximum absolute atomic E-state index is 16.9. The zero-order valence-electron chi connectivity index (χ0n) is 24.1. The molecule has 3 N–H and O–H groups in total. The van der Waals surface area contributed by atoms with E-state index in [1.807, 2.05) is 6.92 Å². The predicted molar refractivity (Wildman–Crippen MR) is 151 cm³/mol. The lowest BCUT2D eigenvalue weighted by Gasteiger charge is -2.43. The molecule has 4 aliphatic rings. The van der Waals surface area contributed by atoms with Crippen molar-refractivity contribution >= 4 is 22.3 Å². The molecular formula is C30H33F5N6O2. The summed E-state index contributed by atoms with van der Waals surface area (Å²) in [5.41, 5.74) is 5.73. The van der Waals surface area contributed by atoms with Crippen molar-refractivity contribution in [3.63, 3.8) is 0 Å². The number of nitrogen functional groups attached to an aromatic ring is 1. The zero-order chi connectivity index (χ0) is 30.4. The summed E-state index contributed by atoms with van der Waals surface area (Å²) in [7, 11) is 2.06. The highest BCUT2D eigenvalue weighted by Crippen LogP contribution is 2.47. The molecule has 5 heterocycles. The normalized spacial score (nSPS) is 24.7. The number of rotatable bonds is 6. The standard InChI is InChI=1S/C30H33F5N6O2/c1-13-20(8-9-40(3)17-5-6-17)38-28-23-22(13)24(32)25(18-10-15(36)11-19(31)27(18)43-30(33,34)35)39-29(23)42-14(2)26-21-7-4-16(37-21)12-41(26)28/h10-11,14,16-17,21,26,37H,4-9,12,36H2,1-3H3/t14-,16+,21-,26+/m0/s1. The van der Waals surface area contributed by atoms with Crippen molar-refractivity contribution in [3.8, 4) is 22.9 Å². The summed E-state index contributed by atoms with van der Waals surface area (Å²) >= 11 is 0. The molecule has 230 valence electrons. The third-order valence-electron chi connectivity index (χ3n) is 9.30. The van der Waals surface area contributed by atoms with E-state index in [0.717, 1.165) is 31.7 Å². The Hall–Kier alpha value is -3.45. The molecule has 2 saturated heterocycles. The van der Waals surface area contributed by atoms with Gasteiger partial charge in [-0.15, -0.1) is 13.2 Å². The largest absolute Gasteiger partial charge is 0.573 e. The van der Waals surface area contributed by atoms with Crippen molar-refractivity contribution < 1.29 is 31.4 Å². The van der Waals surface area contributed by atoms with Crippen LogP contribution in [-0.4, -0.2) is 71.6 Å². The van der Waals surface area contributed by atoms with Gasteiger partial charge in [0.05, 0.1) is 17.0 Å². The van der Waals surface area contributed by atoms with E-state index in [4.69, 9.17) is 15.5 Å². The van der Waals surface area contributed by atoms with Crippen LogP contribution in [0.2, 0.25) is 0 Å². The summed E-state index contributed by atoms with van der Waals surface area (Å²) in [6.07, 6.45) is -0.899. The first kappa shape index (κ1) is 28.3. The summed E-state index contributed by atoms with van der Waals surface area (Å²) in [4.78, 5) is 14.0. The highest BCUT2D eigenvalue weighted by molar-refractivity contribution is 6.02. The highest BCUT2D eigenvalue weighted by atomic mass is 19.4. The lowest BCUT2D eigenvalue weighted by atomic mass is 9.97. The molecule has 2 aromatic heterocycles. The maximum Gasteiger partial charge on any atom is 0.573 e. The molecule has 0 unspecified atom stereocenters. The quantitative estimate of drug-likeness (QED) is 0.297. The van der Waals surface area contributed by atoms with Crippen LogP contribution in [0.15, 0.2) is 12.1 Å². The van der Waals surface area contributed by atoms with Gasteiger partial charge in [-0.25, -0.2) is 18.7 Å². The average Bonchev–Trinajstić information content (AvgIpc) is 3.73. The first-order chi connectivity index (χ1) is 20.4. The molecule has 4 atom stereocenters. The van der Waals surface area contributed by atoms with E-state index in [-0.39, 0.29) is 35.1 Å². The number of hydrogen-bond acceptors (Lipinski definition) is 8. The Balaban J connectivity index is 1.47. The molecule has 0 spiro atoms. The van der Waals surface area contributed by atoms with Gasteiger partial charge in [-0.2, -0.15) is 0 Å². The Morgan fingerprint density at radius 2 is 1.91 bits per heavy atom. The number of fused-ring (bicyclic) bond motifs is 5. The van der Waals surface area contributed by atoms with Crippen molar-refractivity contribution in [2.45, 2.75) is 82.6 Å². The molecule has 43 heavy (non-hydrogen) atoms. The number of piperazine rings is 1. The van der Waals surface area contributed by atoms with Gasteiger partial charge >= 0.3 is 6.36 Å². The number of ether oxygens (including phenoxy) is 2. The second kappa shape index (κ2) is 10.0. The van der Waals surface area contributed by atoms with Gasteiger partial charge in [-0.1, -0.05) is 0 Å². The number of aryl methyl sites for hydroxylation is 1. The molecule has 0 amide bonds. The van der Waals surface area contributed by atoms with Crippen molar-refractivity contribution in [1.82, 2.24) is 20.2 Å². The molecule has 1 aromatic carbocycles. The van der Waals surface area contributed by atoms with E-state index in [1.54, 1.807) is 6.92 Å². The molecular weight excluding hydrogens is 571 g/mol. The molecule has 3 fully saturated rings. The molecule has 3 aliphatic heterocycles. The van der Waals surface area contributed by atoms with Gasteiger partial charge < -0.3 is 30.3 Å². The fourth-order valence-corrected chi connectivity index (χ4v) is 7.11. The number of pyridine rings is 2. The van der Waals surface area contributed by atoms with E-state index >= 15 is 4.39 Å². The monoisotopic (exact) mass is 604 g/mol. The third-order valence-corrected chi connectivity index (χ3v) is 9.30. The van der Waals surface area contributed by atoms with E-state index in [2.05, 4.69) is 31.9 Å². The van der Waals surface area contributed by atoms with Crippen molar-refractivity contribution in [3.05, 3.63) is 35.0 Å². The number of nitrogens with one attached hydrogen (secondary N) is 1. The van der Waals surface area contributed by atoms with Gasteiger partial charge in [-0.05, 0) is 58.2 Å². The average molecular weight is 605 g/mol. The van der Waals surface area contributed by atoms with Gasteiger partial charge in [0.25, 0.3) is 0 Å². The molecule has 1 saturated carbocycles. The lowest BCUT2D eigenvalue weighted by Crippen LogP contribution is -2.62. The number of likely N-dealkylation sites (N-methyl/N-ethyl adjacent to an activating group) is 1. The maximum atomic E-state index is 16.9. The van der Waals surface area contributed by atoms with Gasteiger partial charge in [0.15, 0.2) is 17.4 Å². The van der Waals surface area contributed by atoms with Crippen LogP contribution < -0.4 is 25.4 Å². The molecule has 8 nitrogen and oxygen atoms in total. The third kappa shape index (κ3) is 4.90. The number of alkyl halides is 3. The summed E-state index contributed by atoms with van der Waals surface area (Å²) in [6.45, 7) is 5.00. The van der Waals surface area contributed by atoms with Crippen LogP contribution in [0.25, 0.3) is 22.0 Å². The summed E-state index contributed by atoms with van der Waals surface area (Å²) < 4.78 is 82.3.